The van der Waals surface area contributed by atoms with Crippen molar-refractivity contribution in [3.63, 3.8) is 0 Å². The molecule has 0 aliphatic heterocycles. The van der Waals surface area contributed by atoms with Gasteiger partial charge in [-0.2, -0.15) is 13.2 Å². The number of hydrogen-bond acceptors (Lipinski definition) is 3. The minimum atomic E-state index is -4.35. The Balaban J connectivity index is 2.53. The summed E-state index contributed by atoms with van der Waals surface area (Å²) in [6.45, 7) is -1.49. The fourth-order valence-electron chi connectivity index (χ4n) is 1.50. The molecule has 0 aromatic heterocycles. The van der Waals surface area contributed by atoms with Crippen LogP contribution in [0.5, 0.6) is 5.75 Å². The van der Waals surface area contributed by atoms with Crippen LogP contribution in [0, 0.1) is 0 Å². The lowest BCUT2D eigenvalue weighted by atomic mass is 10.1. The van der Waals surface area contributed by atoms with Crippen molar-refractivity contribution >= 4 is 15.9 Å². The Morgan fingerprint density at radius 3 is 2.63 bits per heavy atom. The number of hydrogen-bond donors (Lipinski definition) is 1. The zero-order valence-electron chi connectivity index (χ0n) is 10.2. The Bertz CT molecular complexity index is 410. The smallest absolute Gasteiger partial charge is 0.411 e. The number of halogens is 4. The highest BCUT2D eigenvalue weighted by Gasteiger charge is 2.27. The number of methoxy groups -OCH3 is 1. The van der Waals surface area contributed by atoms with Crippen molar-refractivity contribution in [3.05, 3.63) is 28.2 Å². The molecule has 0 amide bonds. The van der Waals surface area contributed by atoms with Gasteiger partial charge in [0.1, 0.15) is 12.4 Å². The number of rotatable bonds is 6. The number of ether oxygens (including phenoxy) is 2. The molecule has 19 heavy (non-hydrogen) atoms. The zero-order chi connectivity index (χ0) is 14.5. The van der Waals surface area contributed by atoms with Crippen LogP contribution in [0.2, 0.25) is 0 Å². The maximum Gasteiger partial charge on any atom is 0.411 e. The summed E-state index contributed by atoms with van der Waals surface area (Å²) in [5.41, 5.74) is 0.507. The van der Waals surface area contributed by atoms with Crippen LogP contribution in [0.4, 0.5) is 13.2 Å². The van der Waals surface area contributed by atoms with Crippen molar-refractivity contribution in [2.24, 2.45) is 0 Å². The molecular formula is C12H14BrF3O3. The molecule has 108 valence electrons. The lowest BCUT2D eigenvalue weighted by molar-refractivity contribution is -0.175. The third kappa shape index (κ3) is 5.80. The number of alkyl halides is 3. The highest BCUT2D eigenvalue weighted by molar-refractivity contribution is 9.10. The Kier molecular flexibility index (Phi) is 6.09. The van der Waals surface area contributed by atoms with Gasteiger partial charge in [0.2, 0.25) is 0 Å². The van der Waals surface area contributed by atoms with Gasteiger partial charge in [-0.05, 0) is 18.2 Å². The molecule has 0 spiro atoms. The second-order valence-corrected chi connectivity index (χ2v) is 4.77. The van der Waals surface area contributed by atoms with Crippen LogP contribution in [0.1, 0.15) is 18.1 Å². The van der Waals surface area contributed by atoms with E-state index >= 15 is 0 Å². The second kappa shape index (κ2) is 7.12. The molecule has 0 saturated heterocycles. The van der Waals surface area contributed by atoms with Gasteiger partial charge >= 0.3 is 6.18 Å². The molecule has 0 aliphatic rings. The second-order valence-electron chi connectivity index (χ2n) is 3.86. The molecule has 0 saturated carbocycles. The van der Waals surface area contributed by atoms with Crippen molar-refractivity contribution < 1.29 is 27.8 Å². The van der Waals surface area contributed by atoms with Gasteiger partial charge in [-0.3, -0.25) is 0 Å². The van der Waals surface area contributed by atoms with Gasteiger partial charge in [0, 0.05) is 23.1 Å². The normalized spacial score (nSPS) is 13.4. The molecule has 1 aromatic carbocycles. The summed E-state index contributed by atoms with van der Waals surface area (Å²) in [4.78, 5) is 0. The van der Waals surface area contributed by atoms with Gasteiger partial charge < -0.3 is 14.6 Å². The molecule has 7 heteroatoms. The van der Waals surface area contributed by atoms with Crippen molar-refractivity contribution in [1.82, 2.24) is 0 Å². The van der Waals surface area contributed by atoms with Crippen LogP contribution in [-0.4, -0.2) is 31.6 Å². The van der Waals surface area contributed by atoms with Crippen LogP contribution in [0.25, 0.3) is 0 Å². The van der Waals surface area contributed by atoms with E-state index in [2.05, 4.69) is 20.7 Å². The quantitative estimate of drug-likeness (QED) is 0.804. The molecule has 0 aliphatic carbocycles. The van der Waals surface area contributed by atoms with Crippen LogP contribution in [0.3, 0.4) is 0 Å². The van der Waals surface area contributed by atoms with E-state index in [-0.39, 0.29) is 13.0 Å². The predicted molar refractivity (Wildman–Crippen MR) is 67.1 cm³/mol. The van der Waals surface area contributed by atoms with E-state index in [4.69, 9.17) is 4.74 Å². The number of aliphatic hydroxyl groups is 1. The summed E-state index contributed by atoms with van der Waals surface area (Å²) in [5.74, 6) is 0.478. The lowest BCUT2D eigenvalue weighted by Crippen LogP contribution is -2.18. The summed E-state index contributed by atoms with van der Waals surface area (Å²) >= 11 is 3.26. The third-order valence-corrected chi connectivity index (χ3v) is 2.85. The highest BCUT2D eigenvalue weighted by Crippen LogP contribution is 2.30. The maximum absolute atomic E-state index is 11.9. The molecule has 1 unspecified atom stereocenters. The van der Waals surface area contributed by atoms with Crippen LogP contribution in [0.15, 0.2) is 22.7 Å². The first-order valence-corrected chi connectivity index (χ1v) is 6.29. The molecule has 3 nitrogen and oxygen atoms in total. The van der Waals surface area contributed by atoms with E-state index in [1.54, 1.807) is 18.2 Å². The van der Waals surface area contributed by atoms with E-state index in [1.807, 2.05) is 0 Å². The standard InChI is InChI=1S/C12H14BrF3O3/c1-18-11-3-2-8(13)6-9(11)10(17)4-5-19-7-12(14,15)16/h2-3,6,10,17H,4-5,7H2,1H3. The highest BCUT2D eigenvalue weighted by atomic mass is 79.9. The first-order valence-electron chi connectivity index (χ1n) is 5.49. The van der Waals surface area contributed by atoms with E-state index in [0.29, 0.717) is 11.3 Å². The number of aliphatic hydroxyl groups excluding tert-OH is 1. The summed E-state index contributed by atoms with van der Waals surface area (Å²) < 4.78 is 45.9. The fourth-order valence-corrected chi connectivity index (χ4v) is 1.88. The van der Waals surface area contributed by atoms with E-state index in [9.17, 15) is 18.3 Å². The van der Waals surface area contributed by atoms with Crippen LogP contribution >= 0.6 is 15.9 Å². The third-order valence-electron chi connectivity index (χ3n) is 2.35. The summed E-state index contributed by atoms with van der Waals surface area (Å²) in [6, 6.07) is 5.07. The largest absolute Gasteiger partial charge is 0.496 e. The summed E-state index contributed by atoms with van der Waals surface area (Å²) in [6.07, 6.45) is -5.23. The SMILES string of the molecule is COc1ccc(Br)cc1C(O)CCOCC(F)(F)F. The van der Waals surface area contributed by atoms with Gasteiger partial charge in [0.25, 0.3) is 0 Å². The molecule has 0 radical (unpaired) electrons. The summed E-state index contributed by atoms with van der Waals surface area (Å²) in [5, 5.41) is 9.92. The zero-order valence-corrected chi connectivity index (χ0v) is 11.8. The van der Waals surface area contributed by atoms with Gasteiger partial charge in [0.05, 0.1) is 13.2 Å². The van der Waals surface area contributed by atoms with E-state index in [1.165, 1.54) is 7.11 Å². The Morgan fingerprint density at radius 1 is 1.37 bits per heavy atom. The van der Waals surface area contributed by atoms with Gasteiger partial charge in [-0.15, -0.1) is 0 Å². The predicted octanol–water partition coefficient (Wildman–Crippen LogP) is 3.46. The topological polar surface area (TPSA) is 38.7 Å². The molecule has 1 aromatic rings. The molecule has 0 heterocycles. The van der Waals surface area contributed by atoms with Crippen molar-refractivity contribution in [2.75, 3.05) is 20.3 Å². The average Bonchev–Trinajstić information content (AvgIpc) is 2.33. The molecule has 1 N–H and O–H groups in total. The lowest BCUT2D eigenvalue weighted by Gasteiger charge is -2.15. The molecule has 1 rings (SSSR count). The van der Waals surface area contributed by atoms with Gasteiger partial charge in [-0.1, -0.05) is 15.9 Å². The Hall–Kier alpha value is -0.790. The fraction of sp³-hybridized carbons (Fsp3) is 0.500. The van der Waals surface area contributed by atoms with Crippen LogP contribution in [-0.2, 0) is 4.74 Å². The maximum atomic E-state index is 11.9. The van der Waals surface area contributed by atoms with Gasteiger partial charge in [-0.25, -0.2) is 0 Å². The Labute approximate surface area is 117 Å². The minimum Gasteiger partial charge on any atom is -0.496 e. The molecule has 0 bridgehead atoms. The number of benzene rings is 1. The van der Waals surface area contributed by atoms with Crippen molar-refractivity contribution in [1.29, 1.82) is 0 Å². The van der Waals surface area contributed by atoms with Crippen molar-refractivity contribution in [2.45, 2.75) is 18.7 Å². The monoisotopic (exact) mass is 342 g/mol. The molecule has 1 atom stereocenters. The van der Waals surface area contributed by atoms with Crippen LogP contribution < -0.4 is 4.74 Å². The first kappa shape index (κ1) is 16.3. The van der Waals surface area contributed by atoms with Crippen molar-refractivity contribution in [3.8, 4) is 5.75 Å². The average molecular weight is 343 g/mol. The molecular weight excluding hydrogens is 329 g/mol. The summed E-state index contributed by atoms with van der Waals surface area (Å²) in [7, 11) is 1.46. The minimum absolute atomic E-state index is 0.0584. The van der Waals surface area contributed by atoms with Gasteiger partial charge in [0.15, 0.2) is 0 Å². The Morgan fingerprint density at radius 2 is 2.05 bits per heavy atom. The molecule has 0 fully saturated rings. The first-order chi connectivity index (χ1) is 8.83. The van der Waals surface area contributed by atoms with E-state index in [0.717, 1.165) is 4.47 Å². The van der Waals surface area contributed by atoms with E-state index < -0.39 is 18.9 Å².